The summed E-state index contributed by atoms with van der Waals surface area (Å²) >= 11 is 0. The molecule has 0 fully saturated rings. The first-order chi connectivity index (χ1) is 11.8. The fourth-order valence-electron chi connectivity index (χ4n) is 3.48. The van der Waals surface area contributed by atoms with Crippen molar-refractivity contribution in [1.29, 1.82) is 0 Å². The second-order valence-electron chi connectivity index (χ2n) is 5.76. The Morgan fingerprint density at radius 3 is 2.33 bits per heavy atom. The molecule has 0 spiro atoms. The van der Waals surface area contributed by atoms with Crippen LogP contribution in [0, 0.1) is 0 Å². The minimum absolute atomic E-state index is 0.971. The van der Waals surface area contributed by atoms with Gasteiger partial charge in [0, 0.05) is 16.6 Å². The lowest BCUT2D eigenvalue weighted by Crippen LogP contribution is -1.96. The first-order valence-corrected chi connectivity index (χ1v) is 8.40. The normalized spacial score (nSPS) is 11.2. The van der Waals surface area contributed by atoms with Crippen LogP contribution in [0.5, 0.6) is 0 Å². The highest BCUT2D eigenvalue weighted by Gasteiger charge is 2.18. The molecule has 120 valence electrons. The summed E-state index contributed by atoms with van der Waals surface area (Å²) in [5.74, 6) is 0. The maximum atomic E-state index is 4.08. The summed E-state index contributed by atoms with van der Waals surface area (Å²) in [5.41, 5.74) is 7.27. The van der Waals surface area contributed by atoms with Gasteiger partial charge in [-0.1, -0.05) is 62.6 Å². The molecular weight excluding hydrogens is 290 g/mol. The number of aromatic nitrogens is 1. The van der Waals surface area contributed by atoms with Gasteiger partial charge in [0.25, 0.3) is 0 Å². The summed E-state index contributed by atoms with van der Waals surface area (Å²) in [4.78, 5) is 0. The Hall–Kier alpha value is -2.80. The molecule has 24 heavy (non-hydrogen) atoms. The zero-order valence-electron chi connectivity index (χ0n) is 14.4. The van der Waals surface area contributed by atoms with Crippen LogP contribution in [0.3, 0.4) is 0 Å². The fourth-order valence-corrected chi connectivity index (χ4v) is 3.48. The first kappa shape index (κ1) is 16.1. The fraction of sp³-hybridized carbons (Fsp3) is 0.130. The van der Waals surface area contributed by atoms with E-state index < -0.39 is 0 Å². The van der Waals surface area contributed by atoms with Crippen molar-refractivity contribution >= 4 is 29.1 Å². The Morgan fingerprint density at radius 2 is 1.75 bits per heavy atom. The molecule has 2 aromatic carbocycles. The number of nitrogens with zero attached hydrogens (tertiary/aromatic N) is 1. The topological polar surface area (TPSA) is 4.93 Å². The lowest BCUT2D eigenvalue weighted by molar-refractivity contribution is 1.10. The minimum Gasteiger partial charge on any atom is -0.309 e. The maximum absolute atomic E-state index is 4.08. The van der Waals surface area contributed by atoms with E-state index in [1.807, 2.05) is 18.2 Å². The lowest BCUT2D eigenvalue weighted by Gasteiger charge is -2.10. The molecule has 0 N–H and O–H groups in total. The first-order valence-electron chi connectivity index (χ1n) is 8.40. The standard InChI is InChI=1S/C23H23N/c1-5-12-20-21(8-4)24(18-13-10-9-11-14-18)22-16-15-17(6-2)19(7-3)23(20)22/h5-6,8-16H,2,4,7H2,1,3H3/b12-5-. The monoisotopic (exact) mass is 313 g/mol. The van der Waals surface area contributed by atoms with Gasteiger partial charge in [-0.2, -0.15) is 0 Å². The van der Waals surface area contributed by atoms with E-state index in [9.17, 15) is 0 Å². The zero-order chi connectivity index (χ0) is 17.1. The van der Waals surface area contributed by atoms with Gasteiger partial charge < -0.3 is 4.57 Å². The Morgan fingerprint density at radius 1 is 1.00 bits per heavy atom. The lowest BCUT2D eigenvalue weighted by atomic mass is 9.97. The number of fused-ring (bicyclic) bond motifs is 1. The SMILES string of the molecule is C=Cc1ccc2c(c(/C=C\C)c(C=C)n2-c2ccccc2)c1CC. The van der Waals surface area contributed by atoms with Crippen molar-refractivity contribution < 1.29 is 0 Å². The third-order valence-electron chi connectivity index (χ3n) is 4.47. The number of hydrogen-bond acceptors (Lipinski definition) is 0. The maximum Gasteiger partial charge on any atom is 0.0544 e. The van der Waals surface area contributed by atoms with Crippen molar-refractivity contribution in [3.05, 3.63) is 84.1 Å². The number of aryl methyl sites for hydroxylation is 1. The average molecular weight is 313 g/mol. The summed E-state index contributed by atoms with van der Waals surface area (Å²) in [6.07, 6.45) is 9.15. The molecule has 1 heterocycles. The Kier molecular flexibility index (Phi) is 4.52. The molecule has 0 amide bonds. The van der Waals surface area contributed by atoms with Crippen LogP contribution in [0.2, 0.25) is 0 Å². The van der Waals surface area contributed by atoms with Crippen molar-refractivity contribution in [3.63, 3.8) is 0 Å². The van der Waals surface area contributed by atoms with E-state index in [0.29, 0.717) is 0 Å². The minimum atomic E-state index is 0.971. The summed E-state index contributed by atoms with van der Waals surface area (Å²) < 4.78 is 2.30. The van der Waals surface area contributed by atoms with Crippen LogP contribution in [0.1, 0.15) is 36.2 Å². The van der Waals surface area contributed by atoms with Crippen LogP contribution in [0.4, 0.5) is 0 Å². The van der Waals surface area contributed by atoms with Crippen LogP contribution >= 0.6 is 0 Å². The molecule has 1 heteroatoms. The molecule has 1 nitrogen and oxygen atoms in total. The second-order valence-corrected chi connectivity index (χ2v) is 5.76. The van der Waals surface area contributed by atoms with Crippen molar-refractivity contribution in [3.8, 4) is 5.69 Å². The van der Waals surface area contributed by atoms with Crippen molar-refractivity contribution in [2.75, 3.05) is 0 Å². The van der Waals surface area contributed by atoms with E-state index in [-0.39, 0.29) is 0 Å². The highest BCUT2D eigenvalue weighted by atomic mass is 15.0. The molecule has 0 saturated heterocycles. The van der Waals surface area contributed by atoms with Gasteiger partial charge in [0.05, 0.1) is 11.2 Å². The number of allylic oxidation sites excluding steroid dienone is 1. The molecule has 3 rings (SSSR count). The van der Waals surface area contributed by atoms with Crippen LogP contribution in [-0.4, -0.2) is 4.57 Å². The summed E-state index contributed by atoms with van der Waals surface area (Å²) in [5, 5.41) is 1.30. The van der Waals surface area contributed by atoms with E-state index in [2.05, 4.69) is 80.1 Å². The number of benzene rings is 2. The van der Waals surface area contributed by atoms with Crippen molar-refractivity contribution in [2.24, 2.45) is 0 Å². The third kappa shape index (κ3) is 2.43. The average Bonchev–Trinajstić information content (AvgIpc) is 2.95. The quantitative estimate of drug-likeness (QED) is 0.506. The van der Waals surface area contributed by atoms with E-state index >= 15 is 0 Å². The number of rotatable bonds is 5. The third-order valence-corrected chi connectivity index (χ3v) is 4.47. The van der Waals surface area contributed by atoms with Gasteiger partial charge in [-0.05, 0) is 48.7 Å². The predicted molar refractivity (Wildman–Crippen MR) is 108 cm³/mol. The van der Waals surface area contributed by atoms with Gasteiger partial charge in [-0.15, -0.1) is 0 Å². The second kappa shape index (κ2) is 6.76. The van der Waals surface area contributed by atoms with Gasteiger partial charge in [-0.3, -0.25) is 0 Å². The molecule has 0 unspecified atom stereocenters. The predicted octanol–water partition coefficient (Wildman–Crippen LogP) is 6.51. The van der Waals surface area contributed by atoms with Gasteiger partial charge in [0.15, 0.2) is 0 Å². The Balaban J connectivity index is 2.54. The number of para-hydroxylation sites is 1. The number of hydrogen-bond donors (Lipinski definition) is 0. The molecule has 0 bridgehead atoms. The highest BCUT2D eigenvalue weighted by molar-refractivity contribution is 5.99. The van der Waals surface area contributed by atoms with E-state index in [1.165, 1.54) is 27.6 Å². The van der Waals surface area contributed by atoms with Gasteiger partial charge in [0.2, 0.25) is 0 Å². The zero-order valence-corrected chi connectivity index (χ0v) is 14.4. The molecule has 0 atom stereocenters. The summed E-state index contributed by atoms with van der Waals surface area (Å²) in [6.45, 7) is 12.3. The van der Waals surface area contributed by atoms with Crippen LogP contribution in [0.25, 0.3) is 34.8 Å². The molecule has 0 radical (unpaired) electrons. The molecule has 1 aromatic heterocycles. The van der Waals surface area contributed by atoms with Crippen molar-refractivity contribution in [1.82, 2.24) is 4.57 Å². The molecule has 0 aliphatic rings. The molecule has 0 aliphatic heterocycles. The van der Waals surface area contributed by atoms with Gasteiger partial charge in [-0.25, -0.2) is 0 Å². The largest absolute Gasteiger partial charge is 0.309 e. The van der Waals surface area contributed by atoms with E-state index in [1.54, 1.807) is 0 Å². The Labute approximate surface area is 144 Å². The molecule has 3 aromatic rings. The van der Waals surface area contributed by atoms with Crippen LogP contribution in [-0.2, 0) is 6.42 Å². The van der Waals surface area contributed by atoms with Gasteiger partial charge >= 0.3 is 0 Å². The van der Waals surface area contributed by atoms with Gasteiger partial charge in [0.1, 0.15) is 0 Å². The summed E-state index contributed by atoms with van der Waals surface area (Å²) in [7, 11) is 0. The Bertz CT molecular complexity index is 924. The van der Waals surface area contributed by atoms with Crippen LogP contribution in [0.15, 0.2) is 61.7 Å². The highest BCUT2D eigenvalue weighted by Crippen LogP contribution is 2.35. The van der Waals surface area contributed by atoms with E-state index in [4.69, 9.17) is 0 Å². The van der Waals surface area contributed by atoms with Crippen LogP contribution < -0.4 is 0 Å². The van der Waals surface area contributed by atoms with E-state index in [0.717, 1.165) is 17.8 Å². The summed E-state index contributed by atoms with van der Waals surface area (Å²) in [6, 6.07) is 14.8. The van der Waals surface area contributed by atoms with Crippen molar-refractivity contribution in [2.45, 2.75) is 20.3 Å². The molecular formula is C23H23N. The molecule has 0 saturated carbocycles. The smallest absolute Gasteiger partial charge is 0.0544 e. The molecule has 0 aliphatic carbocycles.